The Labute approximate surface area is 119 Å². The molecule has 0 unspecified atom stereocenters. The van der Waals surface area contributed by atoms with E-state index in [1.807, 2.05) is 6.92 Å². The molecule has 0 spiro atoms. The van der Waals surface area contributed by atoms with E-state index < -0.39 is 15.8 Å². The van der Waals surface area contributed by atoms with E-state index in [-0.39, 0.29) is 18.0 Å². The average molecular weight is 304 g/mol. The summed E-state index contributed by atoms with van der Waals surface area (Å²) < 4.78 is 44.7. The number of hydrogen-bond acceptors (Lipinski definition) is 4. The van der Waals surface area contributed by atoms with E-state index in [0.29, 0.717) is 6.54 Å². The fourth-order valence-corrected chi connectivity index (χ4v) is 2.77. The van der Waals surface area contributed by atoms with E-state index in [9.17, 15) is 12.8 Å². The van der Waals surface area contributed by atoms with E-state index in [0.717, 1.165) is 18.5 Å². The number of hydrogen-bond donors (Lipinski definition) is 2. The number of sulfonamides is 1. The highest BCUT2D eigenvalue weighted by atomic mass is 32.2. The first kappa shape index (κ1) is 17.0. The average Bonchev–Trinajstić information content (AvgIpc) is 2.41. The molecule has 0 aromatic heterocycles. The molecular formula is C13H21FN2O3S. The molecule has 0 saturated carbocycles. The van der Waals surface area contributed by atoms with Crippen LogP contribution < -0.4 is 10.0 Å². The lowest BCUT2D eigenvalue weighted by Gasteiger charge is -2.10. The third-order valence-corrected chi connectivity index (χ3v) is 4.12. The second-order valence-electron chi connectivity index (χ2n) is 4.33. The summed E-state index contributed by atoms with van der Waals surface area (Å²) in [4.78, 5) is -0.329. The van der Waals surface area contributed by atoms with Crippen LogP contribution in [0.5, 0.6) is 0 Å². The van der Waals surface area contributed by atoms with Crippen molar-refractivity contribution in [3.8, 4) is 0 Å². The zero-order valence-electron chi connectivity index (χ0n) is 11.8. The van der Waals surface area contributed by atoms with Gasteiger partial charge in [-0.3, -0.25) is 0 Å². The van der Waals surface area contributed by atoms with Gasteiger partial charge < -0.3 is 10.1 Å². The minimum Gasteiger partial charge on any atom is -0.383 e. The summed E-state index contributed by atoms with van der Waals surface area (Å²) in [5.41, 5.74) is 0.729. The van der Waals surface area contributed by atoms with Crippen molar-refractivity contribution in [3.05, 3.63) is 29.6 Å². The van der Waals surface area contributed by atoms with Gasteiger partial charge in [0, 0.05) is 20.2 Å². The summed E-state index contributed by atoms with van der Waals surface area (Å²) in [5, 5.41) is 3.14. The number of rotatable bonds is 9. The predicted molar refractivity (Wildman–Crippen MR) is 75.5 cm³/mol. The summed E-state index contributed by atoms with van der Waals surface area (Å²) in [6.07, 6.45) is 0.977. The van der Waals surface area contributed by atoms with Crippen molar-refractivity contribution in [3.63, 3.8) is 0 Å². The van der Waals surface area contributed by atoms with Gasteiger partial charge in [-0.25, -0.2) is 17.5 Å². The molecule has 0 amide bonds. The van der Waals surface area contributed by atoms with Crippen LogP contribution in [0.2, 0.25) is 0 Å². The zero-order chi connectivity index (χ0) is 15.0. The molecule has 0 aliphatic heterocycles. The first-order valence-electron chi connectivity index (χ1n) is 6.49. The lowest BCUT2D eigenvalue weighted by atomic mass is 10.2. The lowest BCUT2D eigenvalue weighted by molar-refractivity contribution is 0.204. The summed E-state index contributed by atoms with van der Waals surface area (Å²) >= 11 is 0. The van der Waals surface area contributed by atoms with Crippen molar-refractivity contribution in [1.29, 1.82) is 0 Å². The summed E-state index contributed by atoms with van der Waals surface area (Å²) in [6, 6.07) is 4.10. The molecule has 0 atom stereocenters. The largest absolute Gasteiger partial charge is 0.383 e. The Bertz CT molecular complexity index is 520. The highest BCUT2D eigenvalue weighted by molar-refractivity contribution is 7.89. The Morgan fingerprint density at radius 3 is 2.70 bits per heavy atom. The first-order valence-corrected chi connectivity index (χ1v) is 7.97. The van der Waals surface area contributed by atoms with Crippen molar-refractivity contribution in [2.75, 3.05) is 26.8 Å². The van der Waals surface area contributed by atoms with Crippen LogP contribution in [-0.2, 0) is 21.3 Å². The summed E-state index contributed by atoms with van der Waals surface area (Å²) in [6.45, 7) is 3.71. The highest BCUT2D eigenvalue weighted by Gasteiger charge is 2.18. The van der Waals surface area contributed by atoms with Gasteiger partial charge in [0.05, 0.1) is 6.61 Å². The molecule has 0 aliphatic carbocycles. The van der Waals surface area contributed by atoms with Crippen LogP contribution in [0.15, 0.2) is 23.1 Å². The quantitative estimate of drug-likeness (QED) is 0.674. The zero-order valence-corrected chi connectivity index (χ0v) is 12.6. The molecule has 0 saturated heterocycles. The normalized spacial score (nSPS) is 11.8. The minimum atomic E-state index is -3.85. The van der Waals surface area contributed by atoms with Crippen molar-refractivity contribution in [2.24, 2.45) is 0 Å². The standard InChI is InChI=1S/C13H21FN2O3S/c1-3-6-15-10-11-4-5-12(14)13(9-11)20(17,18)16-7-8-19-2/h4-5,9,15-16H,3,6-8,10H2,1-2H3. The van der Waals surface area contributed by atoms with Crippen molar-refractivity contribution >= 4 is 10.0 Å². The maximum Gasteiger partial charge on any atom is 0.243 e. The Morgan fingerprint density at radius 2 is 2.05 bits per heavy atom. The molecular weight excluding hydrogens is 283 g/mol. The van der Waals surface area contributed by atoms with Crippen LogP contribution in [0.1, 0.15) is 18.9 Å². The number of ether oxygens (including phenoxy) is 1. The van der Waals surface area contributed by atoms with Gasteiger partial charge in [-0.05, 0) is 30.7 Å². The molecule has 0 heterocycles. The molecule has 5 nitrogen and oxygen atoms in total. The van der Waals surface area contributed by atoms with Gasteiger partial charge in [0.2, 0.25) is 10.0 Å². The molecule has 1 aromatic rings. The van der Waals surface area contributed by atoms with Gasteiger partial charge in [0.1, 0.15) is 10.7 Å². The molecule has 0 radical (unpaired) electrons. The SMILES string of the molecule is CCCNCc1ccc(F)c(S(=O)(=O)NCCOC)c1. The van der Waals surface area contributed by atoms with Gasteiger partial charge in [0.15, 0.2) is 0 Å². The monoisotopic (exact) mass is 304 g/mol. The Morgan fingerprint density at radius 1 is 1.30 bits per heavy atom. The van der Waals surface area contributed by atoms with Crippen LogP contribution in [0.3, 0.4) is 0 Å². The molecule has 2 N–H and O–H groups in total. The van der Waals surface area contributed by atoms with Crippen LogP contribution >= 0.6 is 0 Å². The maximum absolute atomic E-state index is 13.7. The van der Waals surface area contributed by atoms with Gasteiger partial charge in [-0.2, -0.15) is 0 Å². The van der Waals surface area contributed by atoms with E-state index in [1.165, 1.54) is 19.2 Å². The highest BCUT2D eigenvalue weighted by Crippen LogP contribution is 2.16. The fourth-order valence-electron chi connectivity index (χ4n) is 1.63. The first-order chi connectivity index (χ1) is 9.51. The Hall–Kier alpha value is -1.02. The van der Waals surface area contributed by atoms with Crippen LogP contribution in [-0.4, -0.2) is 35.2 Å². The van der Waals surface area contributed by atoms with Crippen LogP contribution in [0, 0.1) is 5.82 Å². The third kappa shape index (κ3) is 5.16. The van der Waals surface area contributed by atoms with Crippen molar-refractivity contribution < 1.29 is 17.5 Å². The van der Waals surface area contributed by atoms with Crippen LogP contribution in [0.4, 0.5) is 4.39 Å². The number of benzene rings is 1. The lowest BCUT2D eigenvalue weighted by Crippen LogP contribution is -2.28. The third-order valence-electron chi connectivity index (χ3n) is 2.64. The molecule has 0 aliphatic rings. The predicted octanol–water partition coefficient (Wildman–Crippen LogP) is 1.25. The smallest absolute Gasteiger partial charge is 0.243 e. The van der Waals surface area contributed by atoms with Crippen LogP contribution in [0.25, 0.3) is 0 Å². The molecule has 20 heavy (non-hydrogen) atoms. The molecule has 1 rings (SSSR count). The van der Waals surface area contributed by atoms with Crippen molar-refractivity contribution in [1.82, 2.24) is 10.0 Å². The number of halogens is 1. The summed E-state index contributed by atoms with van der Waals surface area (Å²) in [7, 11) is -2.38. The topological polar surface area (TPSA) is 67.4 Å². The van der Waals surface area contributed by atoms with Gasteiger partial charge in [-0.15, -0.1) is 0 Å². The van der Waals surface area contributed by atoms with Gasteiger partial charge in [0.25, 0.3) is 0 Å². The van der Waals surface area contributed by atoms with E-state index in [4.69, 9.17) is 4.74 Å². The van der Waals surface area contributed by atoms with Gasteiger partial charge >= 0.3 is 0 Å². The summed E-state index contributed by atoms with van der Waals surface area (Å²) in [5.74, 6) is -0.755. The molecule has 0 fully saturated rings. The Kier molecular flexibility index (Phi) is 7.08. The van der Waals surface area contributed by atoms with E-state index in [1.54, 1.807) is 6.07 Å². The maximum atomic E-state index is 13.7. The van der Waals surface area contributed by atoms with Crippen molar-refractivity contribution in [2.45, 2.75) is 24.8 Å². The van der Waals surface area contributed by atoms with Gasteiger partial charge in [-0.1, -0.05) is 13.0 Å². The molecule has 114 valence electrons. The minimum absolute atomic E-state index is 0.108. The second-order valence-corrected chi connectivity index (χ2v) is 6.07. The van der Waals surface area contributed by atoms with E-state index in [2.05, 4.69) is 10.0 Å². The Balaban J connectivity index is 2.84. The van der Waals surface area contributed by atoms with E-state index >= 15 is 0 Å². The molecule has 0 bridgehead atoms. The fraction of sp³-hybridized carbons (Fsp3) is 0.538. The molecule has 1 aromatic carbocycles. The number of methoxy groups -OCH3 is 1. The second kappa shape index (κ2) is 8.31. The molecule has 7 heteroatoms. The number of nitrogens with one attached hydrogen (secondary N) is 2.